The van der Waals surface area contributed by atoms with Crippen LogP contribution in [0.3, 0.4) is 0 Å². The van der Waals surface area contributed by atoms with Crippen molar-refractivity contribution in [1.82, 2.24) is 5.32 Å². The van der Waals surface area contributed by atoms with Gasteiger partial charge in [-0.15, -0.1) is 0 Å². The summed E-state index contributed by atoms with van der Waals surface area (Å²) in [5.41, 5.74) is 0.250. The van der Waals surface area contributed by atoms with Crippen molar-refractivity contribution in [2.45, 2.75) is 57.4 Å². The largest absolute Gasteiger partial charge is 0.467 e. The van der Waals surface area contributed by atoms with E-state index in [4.69, 9.17) is 9.47 Å². The van der Waals surface area contributed by atoms with E-state index < -0.39 is 29.9 Å². The fraction of sp³-hybridized carbons (Fsp3) is 0.571. The highest BCUT2D eigenvalue weighted by atomic mass is 16.5. The highest BCUT2D eigenvalue weighted by Gasteiger charge is 2.44. The number of amides is 1. The average Bonchev–Trinajstić information content (AvgIpc) is 3.21. The van der Waals surface area contributed by atoms with Crippen LogP contribution in [0.15, 0.2) is 30.3 Å². The number of methoxy groups -OCH3 is 1. The summed E-state index contributed by atoms with van der Waals surface area (Å²) in [5.74, 6) is -1.46. The van der Waals surface area contributed by atoms with E-state index in [0.29, 0.717) is 6.42 Å². The van der Waals surface area contributed by atoms with Gasteiger partial charge in [0.25, 0.3) is 5.91 Å². The Morgan fingerprint density at radius 1 is 1.15 bits per heavy atom. The van der Waals surface area contributed by atoms with E-state index >= 15 is 0 Å². The summed E-state index contributed by atoms with van der Waals surface area (Å²) < 4.78 is 10.1. The van der Waals surface area contributed by atoms with Gasteiger partial charge in [-0.1, -0.05) is 63.4 Å². The van der Waals surface area contributed by atoms with Gasteiger partial charge in [0, 0.05) is 0 Å². The number of esters is 2. The molecule has 1 amide bonds. The average molecular weight is 375 g/mol. The number of benzene rings is 1. The Bertz CT molecular complexity index is 652. The number of rotatable bonds is 8. The van der Waals surface area contributed by atoms with Gasteiger partial charge in [-0.2, -0.15) is 0 Å². The van der Waals surface area contributed by atoms with E-state index in [9.17, 15) is 14.4 Å². The fourth-order valence-corrected chi connectivity index (χ4v) is 3.63. The predicted molar refractivity (Wildman–Crippen MR) is 101 cm³/mol. The lowest BCUT2D eigenvalue weighted by Crippen LogP contribution is -2.47. The first-order valence-electron chi connectivity index (χ1n) is 9.54. The minimum Gasteiger partial charge on any atom is -0.467 e. The molecule has 1 saturated carbocycles. The van der Waals surface area contributed by atoms with Gasteiger partial charge in [0.2, 0.25) is 0 Å². The number of carbonyl (C=O) groups is 3. The monoisotopic (exact) mass is 375 g/mol. The molecule has 1 aromatic rings. The molecule has 0 aliphatic heterocycles. The molecule has 1 aliphatic carbocycles. The minimum atomic E-state index is -0.749. The first-order chi connectivity index (χ1) is 12.9. The molecule has 6 nitrogen and oxygen atoms in total. The van der Waals surface area contributed by atoms with Crippen molar-refractivity contribution in [2.24, 2.45) is 5.92 Å². The van der Waals surface area contributed by atoms with Crippen molar-refractivity contribution in [2.75, 3.05) is 13.7 Å². The lowest BCUT2D eigenvalue weighted by Gasteiger charge is -2.27. The smallest absolute Gasteiger partial charge is 0.328 e. The summed E-state index contributed by atoms with van der Waals surface area (Å²) >= 11 is 0. The highest BCUT2D eigenvalue weighted by Crippen LogP contribution is 2.42. The summed E-state index contributed by atoms with van der Waals surface area (Å²) in [6.45, 7) is 3.38. The summed E-state index contributed by atoms with van der Waals surface area (Å²) in [7, 11) is 1.29. The molecule has 27 heavy (non-hydrogen) atoms. The molecule has 0 bridgehead atoms. The molecule has 6 heteroatoms. The zero-order valence-electron chi connectivity index (χ0n) is 16.3. The van der Waals surface area contributed by atoms with Gasteiger partial charge in [0.1, 0.15) is 6.04 Å². The highest BCUT2D eigenvalue weighted by molar-refractivity contribution is 5.88. The molecule has 0 heterocycles. The molecule has 0 aromatic heterocycles. The van der Waals surface area contributed by atoms with Crippen LogP contribution in [0.25, 0.3) is 0 Å². The van der Waals surface area contributed by atoms with E-state index in [1.54, 1.807) is 0 Å². The quantitative estimate of drug-likeness (QED) is 0.707. The van der Waals surface area contributed by atoms with Crippen LogP contribution in [0.2, 0.25) is 0 Å². The fourth-order valence-electron chi connectivity index (χ4n) is 3.63. The Hall–Kier alpha value is -2.37. The molecule has 1 aromatic carbocycles. The standard InChI is InChI=1S/C21H29NO5/c1-4-15(2)18(19(24)26-3)22-17(23)14-27-20(25)21(12-8-9-13-21)16-10-6-5-7-11-16/h5-7,10-11,15,18H,4,8-9,12-14H2,1-3H3,(H,22,23)/t15-,18-/m0/s1. The zero-order valence-corrected chi connectivity index (χ0v) is 16.3. The van der Waals surface area contributed by atoms with E-state index in [0.717, 1.165) is 31.2 Å². The molecule has 2 rings (SSSR count). The van der Waals surface area contributed by atoms with Gasteiger partial charge < -0.3 is 14.8 Å². The minimum absolute atomic E-state index is 0.0809. The van der Waals surface area contributed by atoms with Crippen molar-refractivity contribution >= 4 is 17.8 Å². The van der Waals surface area contributed by atoms with Crippen LogP contribution in [0.1, 0.15) is 51.5 Å². The van der Waals surface area contributed by atoms with Gasteiger partial charge >= 0.3 is 11.9 Å². The number of carbonyl (C=O) groups excluding carboxylic acids is 3. The van der Waals surface area contributed by atoms with Crippen LogP contribution in [0, 0.1) is 5.92 Å². The molecule has 0 spiro atoms. The SMILES string of the molecule is CC[C@H](C)[C@H](NC(=O)COC(=O)C1(c2ccccc2)CCCC1)C(=O)OC. The van der Waals surface area contributed by atoms with E-state index in [1.807, 2.05) is 44.2 Å². The molecular formula is C21H29NO5. The number of ether oxygens (including phenoxy) is 2. The Morgan fingerprint density at radius 3 is 2.33 bits per heavy atom. The van der Waals surface area contributed by atoms with Crippen LogP contribution >= 0.6 is 0 Å². The lowest BCUT2D eigenvalue weighted by molar-refractivity contribution is -0.155. The van der Waals surface area contributed by atoms with Crippen molar-refractivity contribution in [3.05, 3.63) is 35.9 Å². The van der Waals surface area contributed by atoms with Crippen LogP contribution in [-0.2, 0) is 29.3 Å². The third-order valence-electron chi connectivity index (χ3n) is 5.49. The van der Waals surface area contributed by atoms with Crippen molar-refractivity contribution < 1.29 is 23.9 Å². The molecule has 1 N–H and O–H groups in total. The molecule has 2 atom stereocenters. The van der Waals surface area contributed by atoms with Crippen LogP contribution in [0.5, 0.6) is 0 Å². The lowest BCUT2D eigenvalue weighted by atomic mass is 9.79. The Balaban J connectivity index is 2.01. The van der Waals surface area contributed by atoms with Crippen molar-refractivity contribution in [3.63, 3.8) is 0 Å². The molecule has 0 radical (unpaired) electrons. The second kappa shape index (κ2) is 9.53. The maximum Gasteiger partial charge on any atom is 0.328 e. The van der Waals surface area contributed by atoms with Crippen LogP contribution in [0.4, 0.5) is 0 Å². The van der Waals surface area contributed by atoms with Crippen molar-refractivity contribution in [3.8, 4) is 0 Å². The van der Waals surface area contributed by atoms with Gasteiger partial charge in [-0.05, 0) is 24.3 Å². The summed E-state index contributed by atoms with van der Waals surface area (Å²) in [6, 6.07) is 8.84. The maximum absolute atomic E-state index is 12.8. The van der Waals surface area contributed by atoms with E-state index in [-0.39, 0.29) is 11.9 Å². The van der Waals surface area contributed by atoms with E-state index in [1.165, 1.54) is 7.11 Å². The molecule has 148 valence electrons. The maximum atomic E-state index is 12.8. The topological polar surface area (TPSA) is 81.7 Å². The molecule has 0 saturated heterocycles. The van der Waals surface area contributed by atoms with Crippen molar-refractivity contribution in [1.29, 1.82) is 0 Å². The van der Waals surface area contributed by atoms with E-state index in [2.05, 4.69) is 5.32 Å². The van der Waals surface area contributed by atoms with Gasteiger partial charge in [-0.3, -0.25) is 9.59 Å². The second-order valence-corrected chi connectivity index (χ2v) is 7.19. The Labute approximate surface area is 160 Å². The first kappa shape index (κ1) is 20.9. The first-order valence-corrected chi connectivity index (χ1v) is 9.54. The number of hydrogen-bond donors (Lipinski definition) is 1. The number of nitrogens with one attached hydrogen (secondary N) is 1. The van der Waals surface area contributed by atoms with Gasteiger partial charge in [-0.25, -0.2) is 4.79 Å². The molecule has 0 unspecified atom stereocenters. The summed E-state index contributed by atoms with van der Waals surface area (Å²) in [4.78, 5) is 37.0. The van der Waals surface area contributed by atoms with Gasteiger partial charge in [0.15, 0.2) is 6.61 Å². The molecular weight excluding hydrogens is 346 g/mol. The molecule has 1 aliphatic rings. The van der Waals surface area contributed by atoms with Crippen LogP contribution in [-0.4, -0.2) is 37.6 Å². The Kier molecular flexibility index (Phi) is 7.39. The third kappa shape index (κ3) is 4.87. The van der Waals surface area contributed by atoms with Gasteiger partial charge in [0.05, 0.1) is 12.5 Å². The summed E-state index contributed by atoms with van der Waals surface area (Å²) in [6.07, 6.45) is 4.05. The normalized spacial score (nSPS) is 17.6. The predicted octanol–water partition coefficient (Wildman–Crippen LogP) is 2.75. The number of hydrogen-bond acceptors (Lipinski definition) is 5. The Morgan fingerprint density at radius 2 is 1.78 bits per heavy atom. The third-order valence-corrected chi connectivity index (χ3v) is 5.49. The summed E-state index contributed by atoms with van der Waals surface area (Å²) in [5, 5.41) is 2.63. The second-order valence-electron chi connectivity index (χ2n) is 7.19. The zero-order chi connectivity index (χ0) is 19.9. The van der Waals surface area contributed by atoms with Crippen LogP contribution < -0.4 is 5.32 Å². The molecule has 1 fully saturated rings.